The van der Waals surface area contributed by atoms with E-state index in [4.69, 9.17) is 64.5 Å². The zero-order chi connectivity index (χ0) is 76.0. The second kappa shape index (κ2) is 39.2. The number of aromatic nitrogens is 3. The molecule has 0 aliphatic carbocycles. The summed E-state index contributed by atoms with van der Waals surface area (Å²) in [5.41, 5.74) is 3.95. The summed E-state index contributed by atoms with van der Waals surface area (Å²) in [6.07, 6.45) is 7.27. The van der Waals surface area contributed by atoms with E-state index in [9.17, 15) is 38.7 Å². The number of likely N-dealkylation sites (N-methyl/N-ethyl adjacent to an activating group) is 2. The number of anilines is 2. The summed E-state index contributed by atoms with van der Waals surface area (Å²) in [4.78, 5) is 101. The van der Waals surface area contributed by atoms with Crippen LogP contribution in [0.2, 0.25) is 5.02 Å². The molecule has 2 saturated heterocycles. The Kier molecular flexibility index (Phi) is 30.9. The molecule has 27 heteroatoms. The molecule has 0 radical (unpaired) electrons. The topological polar surface area (TPSA) is 294 Å². The molecule has 8 atom stereocenters. The van der Waals surface area contributed by atoms with Gasteiger partial charge in [-0.25, -0.2) is 14.3 Å². The largest absolute Gasteiger partial charge is 0.495 e. The standard InChI is InChI=1S/C78H110ClN9O17/c1-13-16-23-53(5)49-77(14-2,15-3)88-73-59-27-19-20-28-60(59)87(51-56-25-17-18-26-58(56)72(73)82-83-88)69(92)32-34-80-66(89)33-36-99-38-40-101-42-43-102-41-39-100-37-35-84(8)67(90)30-22-31-68(91)85(9)54(6)74(94)104-64-48-70(93)86(10)61-45-55(46-62(97-11)71(61)79)44-52(4)24-21-29-63(98-12)78(96)50-57(103-75(95)81-78)47-65-76(64,7)105-65/h17-21,24-29,45-46,53-54,57,63-65,96H,13-16,22-23,30-44,47-51H2,1-12H3,(H,80,89)(H,81,95)/b29-21+,52-24-/t53-,54+,57-,63-,64+,65+,76+,78+/m1/s1. The zero-order valence-corrected chi connectivity index (χ0v) is 64.1. The van der Waals surface area contributed by atoms with E-state index in [0.717, 1.165) is 77.0 Å². The Balaban J connectivity index is 0.697. The number of fused-ring (bicyclic) bond motifs is 10. The van der Waals surface area contributed by atoms with Crippen LogP contribution >= 0.6 is 11.6 Å². The molecule has 576 valence electrons. The summed E-state index contributed by atoms with van der Waals surface area (Å²) >= 11 is 6.83. The number of amides is 6. The number of hydrogen-bond donors (Lipinski definition) is 3. The van der Waals surface area contributed by atoms with E-state index >= 15 is 0 Å². The Bertz CT molecular complexity index is 3680. The molecule has 2 fully saturated rings. The third-order valence-corrected chi connectivity index (χ3v) is 21.0. The van der Waals surface area contributed by atoms with Gasteiger partial charge < -0.3 is 72.7 Å². The van der Waals surface area contributed by atoms with E-state index in [1.54, 1.807) is 45.3 Å². The molecule has 4 aromatic rings. The summed E-state index contributed by atoms with van der Waals surface area (Å²) in [6, 6.07) is 18.5. The number of carbonyl (C=O) groups is 7. The molecule has 105 heavy (non-hydrogen) atoms. The van der Waals surface area contributed by atoms with Crippen LogP contribution in [0, 0.1) is 5.92 Å². The molecule has 3 aromatic carbocycles. The second-order valence-electron chi connectivity index (χ2n) is 28.1. The van der Waals surface area contributed by atoms with Crippen LogP contribution in [-0.4, -0.2) is 215 Å². The highest BCUT2D eigenvalue weighted by Gasteiger charge is 2.62. The van der Waals surface area contributed by atoms with Gasteiger partial charge in [0.15, 0.2) is 5.72 Å². The monoisotopic (exact) mass is 1480 g/mol. The molecule has 1 aromatic heterocycles. The number of allylic oxidation sites excluding steroid dienone is 3. The van der Waals surface area contributed by atoms with Crippen molar-refractivity contribution in [1.29, 1.82) is 0 Å². The van der Waals surface area contributed by atoms with Crippen LogP contribution in [0.25, 0.3) is 22.5 Å². The number of aliphatic hydroxyl groups is 1. The average Bonchev–Trinajstić information content (AvgIpc) is 1.51. The van der Waals surface area contributed by atoms with Gasteiger partial charge in [0.2, 0.25) is 29.5 Å². The number of alkyl carbamates (subject to hydrolysis) is 1. The number of methoxy groups -OCH3 is 2. The molecule has 8 rings (SSSR count). The van der Waals surface area contributed by atoms with Gasteiger partial charge in [-0.15, -0.1) is 5.10 Å². The highest BCUT2D eigenvalue weighted by Crippen LogP contribution is 2.49. The lowest BCUT2D eigenvalue weighted by Gasteiger charge is -2.40. The maximum Gasteiger partial charge on any atom is 0.409 e. The number of nitrogens with one attached hydrogen (secondary N) is 2. The van der Waals surface area contributed by atoms with Crippen molar-refractivity contribution in [3.8, 4) is 28.3 Å². The Morgan fingerprint density at radius 2 is 1.52 bits per heavy atom. The summed E-state index contributed by atoms with van der Waals surface area (Å²) < 4.78 is 54.0. The minimum atomic E-state index is -1.86. The number of para-hydroxylation sites is 1. The number of benzene rings is 3. The van der Waals surface area contributed by atoms with Crippen molar-refractivity contribution in [2.75, 3.05) is 111 Å². The number of nitrogens with zero attached hydrogens (tertiary/aromatic N) is 7. The molecule has 0 spiro atoms. The SMILES string of the molecule is CCCC[C@@H](C)CC(CC)(CC)n1nnc2c1-c1ccccc1N(C(=O)CCNC(=O)CCOCCOCCOCCOCCN(C)C(=O)CCCC(=O)N(C)[C@@H](C)C(=O)O[C@H]1CC(=O)N(C)c3cc(cc(OC)c3Cl)C/C(C)=C\C=C\[C@@H](OC)[C@@]3(O)C[C@@H](C[C@@H]4O[C@@]14C)OC(=O)N3)Cc1ccccc1-2. The van der Waals surface area contributed by atoms with Gasteiger partial charge in [-0.3, -0.25) is 29.3 Å². The van der Waals surface area contributed by atoms with E-state index in [2.05, 4.69) is 55.1 Å². The van der Waals surface area contributed by atoms with Gasteiger partial charge in [0.25, 0.3) is 0 Å². The number of unbranched alkanes of at least 4 members (excludes halogenated alkanes) is 1. The highest BCUT2D eigenvalue weighted by molar-refractivity contribution is 6.35. The van der Waals surface area contributed by atoms with Gasteiger partial charge in [0.05, 0.1) is 102 Å². The van der Waals surface area contributed by atoms with Crippen LogP contribution in [0.4, 0.5) is 16.2 Å². The molecule has 6 amide bonds. The number of esters is 1. The molecular formula is C78H110ClN9O17. The molecular weight excluding hydrogens is 1370 g/mol. The van der Waals surface area contributed by atoms with Crippen LogP contribution in [-0.2, 0) is 85.2 Å². The zero-order valence-electron chi connectivity index (χ0n) is 63.3. The summed E-state index contributed by atoms with van der Waals surface area (Å²) in [5, 5.41) is 27.2. The number of carbonyl (C=O) groups excluding carboxylic acids is 7. The number of rotatable bonds is 35. The Morgan fingerprint density at radius 1 is 0.857 bits per heavy atom. The first-order valence-corrected chi connectivity index (χ1v) is 37.3. The molecule has 4 aliphatic heterocycles. The van der Waals surface area contributed by atoms with E-state index < -0.39 is 65.7 Å². The van der Waals surface area contributed by atoms with Crippen molar-refractivity contribution in [3.63, 3.8) is 0 Å². The van der Waals surface area contributed by atoms with Crippen molar-refractivity contribution >= 4 is 64.6 Å². The third-order valence-electron chi connectivity index (χ3n) is 20.7. The fourth-order valence-corrected chi connectivity index (χ4v) is 14.3. The van der Waals surface area contributed by atoms with Gasteiger partial charge >= 0.3 is 12.1 Å². The maximum atomic E-state index is 14.4. The lowest BCUT2D eigenvalue weighted by molar-refractivity contribution is -0.162. The van der Waals surface area contributed by atoms with Gasteiger partial charge in [0, 0.05) is 91.0 Å². The van der Waals surface area contributed by atoms with Gasteiger partial charge in [-0.05, 0) is 88.1 Å². The lowest BCUT2D eigenvalue weighted by Crippen LogP contribution is -2.62. The number of epoxide rings is 1. The van der Waals surface area contributed by atoms with Crippen LogP contribution in [0.15, 0.2) is 84.5 Å². The normalized spacial score (nSPS) is 21.6. The predicted molar refractivity (Wildman–Crippen MR) is 397 cm³/mol. The third kappa shape index (κ3) is 21.7. The average molecular weight is 1480 g/mol. The van der Waals surface area contributed by atoms with Crippen molar-refractivity contribution in [2.45, 2.75) is 199 Å². The van der Waals surface area contributed by atoms with Crippen molar-refractivity contribution < 1.29 is 81.3 Å². The fraction of sp³-hybridized carbons (Fsp3) is 0.603. The molecule has 5 heterocycles. The van der Waals surface area contributed by atoms with Crippen molar-refractivity contribution in [3.05, 3.63) is 101 Å². The van der Waals surface area contributed by atoms with Crippen LogP contribution in [0.1, 0.15) is 149 Å². The molecule has 26 nitrogen and oxygen atoms in total. The Morgan fingerprint density at radius 3 is 2.21 bits per heavy atom. The van der Waals surface area contributed by atoms with Gasteiger partial charge in [0.1, 0.15) is 46.4 Å². The van der Waals surface area contributed by atoms with E-state index in [1.807, 2.05) is 54.3 Å². The van der Waals surface area contributed by atoms with Gasteiger partial charge in [-0.1, -0.05) is 130 Å². The first-order valence-electron chi connectivity index (χ1n) is 36.9. The van der Waals surface area contributed by atoms with E-state index in [-0.39, 0.29) is 106 Å². The minimum Gasteiger partial charge on any atom is -0.495 e. The fourth-order valence-electron chi connectivity index (χ4n) is 13.9. The first kappa shape index (κ1) is 82.8. The number of hydrogen-bond acceptors (Lipinski definition) is 19. The van der Waals surface area contributed by atoms with Crippen LogP contribution < -0.4 is 25.2 Å². The van der Waals surface area contributed by atoms with Crippen molar-refractivity contribution in [1.82, 2.24) is 35.4 Å². The number of ether oxygens (including phenoxy) is 9. The Labute approximate surface area is 623 Å². The molecule has 3 N–H and O–H groups in total. The van der Waals surface area contributed by atoms with Crippen LogP contribution in [0.3, 0.4) is 0 Å². The summed E-state index contributed by atoms with van der Waals surface area (Å²) in [7, 11) is 7.55. The summed E-state index contributed by atoms with van der Waals surface area (Å²) in [6.45, 7) is 17.2. The highest BCUT2D eigenvalue weighted by atomic mass is 35.5. The smallest absolute Gasteiger partial charge is 0.409 e. The van der Waals surface area contributed by atoms with E-state index in [1.165, 1.54) is 49.3 Å². The maximum absolute atomic E-state index is 14.4. The first-order chi connectivity index (χ1) is 50.3. The number of halogens is 1. The molecule has 0 unspecified atom stereocenters. The second-order valence-corrected chi connectivity index (χ2v) is 28.5. The molecule has 4 bridgehead atoms. The van der Waals surface area contributed by atoms with E-state index in [0.29, 0.717) is 69.9 Å². The predicted octanol–water partition coefficient (Wildman–Crippen LogP) is 10.1. The van der Waals surface area contributed by atoms with Crippen LogP contribution in [0.5, 0.6) is 5.75 Å². The minimum absolute atomic E-state index is 0.0430. The Hall–Kier alpha value is -7.82. The van der Waals surface area contributed by atoms with Gasteiger partial charge in [-0.2, -0.15) is 0 Å². The van der Waals surface area contributed by atoms with Crippen molar-refractivity contribution in [2.24, 2.45) is 5.92 Å². The molecule has 0 saturated carbocycles. The summed E-state index contributed by atoms with van der Waals surface area (Å²) in [5.74, 6) is -1.40. The quantitative estimate of drug-likeness (QED) is 0.0219. The molecule has 4 aliphatic rings. The lowest BCUT2D eigenvalue weighted by atomic mass is 9.81.